The second-order valence-corrected chi connectivity index (χ2v) is 10.4. The van der Waals surface area contributed by atoms with Crippen molar-refractivity contribution in [2.75, 3.05) is 14.1 Å². The van der Waals surface area contributed by atoms with Crippen molar-refractivity contribution in [3.8, 4) is 5.75 Å². The fourth-order valence-corrected chi connectivity index (χ4v) is 6.17. The molecule has 3 aliphatic rings. The van der Waals surface area contributed by atoms with Crippen molar-refractivity contribution in [2.24, 2.45) is 23.3 Å². The number of fused-ring (bicyclic) bond motifs is 3. The van der Waals surface area contributed by atoms with Gasteiger partial charge in [0.2, 0.25) is 5.78 Å². The summed E-state index contributed by atoms with van der Waals surface area (Å²) in [6.07, 6.45) is 8.13. The SMILES string of the molecule is C=C/C=C\C=C(/N)CCc1ccc(O)c2c1C[C@H]1C[C@H]3[C@H](N(C)C)C(O)=C(C(N)=O)C(=O)[C@@]3(O)C(O)=C1C2=O. The highest BCUT2D eigenvalue weighted by atomic mass is 16.3. The maximum Gasteiger partial charge on any atom is 0.255 e. The lowest BCUT2D eigenvalue weighted by Gasteiger charge is -2.50. The van der Waals surface area contributed by atoms with Crippen LogP contribution in [0, 0.1) is 11.8 Å². The molecule has 10 nitrogen and oxygen atoms in total. The zero-order chi connectivity index (χ0) is 28.8. The summed E-state index contributed by atoms with van der Waals surface area (Å²) in [6, 6.07) is 2.08. The van der Waals surface area contributed by atoms with Gasteiger partial charge in [0.1, 0.15) is 22.8 Å². The predicted octanol–water partition coefficient (Wildman–Crippen LogP) is 1.64. The number of carbonyl (C=O) groups excluding carboxylic acids is 3. The number of phenols is 1. The molecule has 0 aromatic heterocycles. The Morgan fingerprint density at radius 1 is 1.18 bits per heavy atom. The lowest BCUT2D eigenvalue weighted by molar-refractivity contribution is -0.148. The van der Waals surface area contributed by atoms with E-state index in [1.165, 1.54) is 11.0 Å². The molecule has 1 aromatic rings. The molecule has 0 saturated heterocycles. The normalized spacial score (nSPS) is 27.1. The molecule has 0 heterocycles. The van der Waals surface area contributed by atoms with Crippen LogP contribution in [-0.2, 0) is 22.4 Å². The number of carbonyl (C=O) groups is 3. The molecule has 1 amide bonds. The number of allylic oxidation sites excluding steroid dienone is 6. The molecule has 39 heavy (non-hydrogen) atoms. The number of aliphatic hydroxyl groups excluding tert-OH is 2. The minimum Gasteiger partial charge on any atom is -0.510 e. The lowest BCUT2D eigenvalue weighted by atomic mass is 9.58. The molecule has 4 rings (SSSR count). The predicted molar refractivity (Wildman–Crippen MR) is 144 cm³/mol. The van der Waals surface area contributed by atoms with E-state index in [1.807, 2.05) is 0 Å². The van der Waals surface area contributed by atoms with Gasteiger partial charge in [0.05, 0.1) is 11.6 Å². The largest absolute Gasteiger partial charge is 0.510 e. The van der Waals surface area contributed by atoms with Crippen LogP contribution in [0.15, 0.2) is 71.4 Å². The summed E-state index contributed by atoms with van der Waals surface area (Å²) in [5, 5.41) is 44.5. The summed E-state index contributed by atoms with van der Waals surface area (Å²) in [5.41, 5.74) is 9.78. The van der Waals surface area contributed by atoms with Crippen LogP contribution in [0.1, 0.15) is 34.3 Å². The average Bonchev–Trinajstić information content (AvgIpc) is 2.85. The molecule has 10 heteroatoms. The third-order valence-electron chi connectivity index (χ3n) is 7.94. The van der Waals surface area contributed by atoms with E-state index in [0.717, 1.165) is 5.56 Å². The molecule has 3 aliphatic carbocycles. The van der Waals surface area contributed by atoms with Crippen molar-refractivity contribution >= 4 is 17.5 Å². The zero-order valence-corrected chi connectivity index (χ0v) is 21.8. The van der Waals surface area contributed by atoms with Crippen molar-refractivity contribution in [2.45, 2.75) is 37.3 Å². The maximum atomic E-state index is 13.7. The summed E-state index contributed by atoms with van der Waals surface area (Å²) in [4.78, 5) is 40.7. The van der Waals surface area contributed by atoms with Gasteiger partial charge < -0.3 is 31.9 Å². The number of likely N-dealkylation sites (N-methyl/N-ethyl adjacent to an activating group) is 1. The molecule has 206 valence electrons. The van der Waals surface area contributed by atoms with Gasteiger partial charge in [-0.05, 0) is 69.0 Å². The van der Waals surface area contributed by atoms with Crippen LogP contribution in [0.25, 0.3) is 0 Å². The molecule has 0 unspecified atom stereocenters. The van der Waals surface area contributed by atoms with Gasteiger partial charge in [0, 0.05) is 17.2 Å². The Labute approximate surface area is 225 Å². The number of ketones is 2. The Morgan fingerprint density at radius 3 is 2.49 bits per heavy atom. The van der Waals surface area contributed by atoms with E-state index < -0.39 is 58.0 Å². The molecule has 4 atom stereocenters. The van der Waals surface area contributed by atoms with E-state index in [-0.39, 0.29) is 29.7 Å². The summed E-state index contributed by atoms with van der Waals surface area (Å²) in [7, 11) is 3.18. The molecule has 0 radical (unpaired) electrons. The number of nitrogens with two attached hydrogens (primary N) is 2. The summed E-state index contributed by atoms with van der Waals surface area (Å²) >= 11 is 0. The van der Waals surface area contributed by atoms with Gasteiger partial charge in [-0.2, -0.15) is 0 Å². The van der Waals surface area contributed by atoms with E-state index in [2.05, 4.69) is 6.58 Å². The number of amides is 1. The molecule has 1 aromatic carbocycles. The lowest BCUT2D eigenvalue weighted by Crippen LogP contribution is -2.63. The molecule has 0 saturated carbocycles. The molecule has 0 fully saturated rings. The number of hydrogen-bond acceptors (Lipinski definition) is 9. The van der Waals surface area contributed by atoms with Crippen molar-refractivity contribution in [1.82, 2.24) is 4.90 Å². The molecule has 0 bridgehead atoms. The van der Waals surface area contributed by atoms with Gasteiger partial charge in [0.15, 0.2) is 11.4 Å². The summed E-state index contributed by atoms with van der Waals surface area (Å²) < 4.78 is 0. The summed E-state index contributed by atoms with van der Waals surface area (Å²) in [6.45, 7) is 3.61. The first-order chi connectivity index (χ1) is 18.4. The van der Waals surface area contributed by atoms with Gasteiger partial charge in [-0.3, -0.25) is 19.3 Å². The molecular weight excluding hydrogens is 502 g/mol. The highest BCUT2D eigenvalue weighted by Crippen LogP contribution is 2.52. The quantitative estimate of drug-likeness (QED) is 0.223. The van der Waals surface area contributed by atoms with E-state index in [4.69, 9.17) is 11.5 Å². The molecule has 0 spiro atoms. The van der Waals surface area contributed by atoms with Crippen LogP contribution >= 0.6 is 0 Å². The third kappa shape index (κ3) is 4.35. The van der Waals surface area contributed by atoms with E-state index >= 15 is 0 Å². The van der Waals surface area contributed by atoms with Gasteiger partial charge in [-0.25, -0.2) is 0 Å². The number of aryl methyl sites for hydroxylation is 1. The highest BCUT2D eigenvalue weighted by Gasteiger charge is 2.63. The monoisotopic (exact) mass is 535 g/mol. The summed E-state index contributed by atoms with van der Waals surface area (Å²) in [5.74, 6) is -6.70. The second-order valence-electron chi connectivity index (χ2n) is 10.4. The number of nitrogens with zero attached hydrogens (tertiary/aromatic N) is 1. The van der Waals surface area contributed by atoms with Crippen LogP contribution in [-0.4, -0.2) is 68.5 Å². The first kappa shape index (κ1) is 27.9. The van der Waals surface area contributed by atoms with Gasteiger partial charge in [0.25, 0.3) is 5.91 Å². The standard InChI is InChI=1S/C29H33N3O7/c1-4-5-6-7-16(30)10-8-14-9-11-19(33)21-17(14)12-15-13-18-23(32(2)3)25(35)22(28(31)38)27(37)29(18,39)26(36)20(15)24(21)34/h4-7,9,11,15,18,23,33,35-36,39H,1,8,10,12-13,30H2,2-3H3,(H2,31,38)/b6-5-,16-7-/t15-,18-,23-,29-/m0/s1. The fraction of sp³-hybridized carbons (Fsp3) is 0.345. The Hall–Kier alpha value is -4.15. The topological polar surface area (TPSA) is 187 Å². The van der Waals surface area contributed by atoms with Crippen LogP contribution in [0.2, 0.25) is 0 Å². The Morgan fingerprint density at radius 2 is 1.87 bits per heavy atom. The molecule has 8 N–H and O–H groups in total. The van der Waals surface area contributed by atoms with Crippen molar-refractivity contribution in [3.63, 3.8) is 0 Å². The minimum absolute atomic E-state index is 0.0117. The Balaban J connectivity index is 1.82. The molecular formula is C29H33N3O7. The van der Waals surface area contributed by atoms with Gasteiger partial charge >= 0.3 is 0 Å². The second kappa shape index (κ2) is 10.2. The Bertz CT molecular complexity index is 1400. The first-order valence-corrected chi connectivity index (χ1v) is 12.6. The average molecular weight is 536 g/mol. The first-order valence-electron chi connectivity index (χ1n) is 12.6. The smallest absolute Gasteiger partial charge is 0.255 e. The molecule has 0 aliphatic heterocycles. The number of hydrogen-bond donors (Lipinski definition) is 6. The van der Waals surface area contributed by atoms with Crippen LogP contribution in [0.5, 0.6) is 5.75 Å². The fourth-order valence-electron chi connectivity index (χ4n) is 6.17. The van der Waals surface area contributed by atoms with E-state index in [0.29, 0.717) is 24.1 Å². The third-order valence-corrected chi connectivity index (χ3v) is 7.94. The highest BCUT2D eigenvalue weighted by molar-refractivity contribution is 6.24. The zero-order valence-electron chi connectivity index (χ0n) is 21.8. The number of Topliss-reactive ketones (excluding diaryl/α,β-unsaturated/α-hetero) is 2. The number of benzene rings is 1. The number of phenolic OH excluding ortho intramolecular Hbond substituents is 1. The van der Waals surface area contributed by atoms with E-state index in [1.54, 1.807) is 44.5 Å². The number of rotatable bonds is 7. The number of aliphatic hydroxyl groups is 3. The van der Waals surface area contributed by atoms with Crippen molar-refractivity contribution in [3.05, 3.63) is 88.1 Å². The van der Waals surface area contributed by atoms with Crippen molar-refractivity contribution < 1.29 is 34.8 Å². The maximum absolute atomic E-state index is 13.7. The van der Waals surface area contributed by atoms with Crippen LogP contribution in [0.3, 0.4) is 0 Å². The van der Waals surface area contributed by atoms with E-state index in [9.17, 15) is 34.8 Å². The Kier molecular flexibility index (Phi) is 7.29. The number of aromatic hydroxyl groups is 1. The minimum atomic E-state index is -2.66. The van der Waals surface area contributed by atoms with Crippen LogP contribution < -0.4 is 11.5 Å². The van der Waals surface area contributed by atoms with Crippen molar-refractivity contribution in [1.29, 1.82) is 0 Å². The van der Waals surface area contributed by atoms with Gasteiger partial charge in [-0.15, -0.1) is 0 Å². The van der Waals surface area contributed by atoms with Gasteiger partial charge in [-0.1, -0.05) is 30.9 Å². The number of primary amides is 1. The van der Waals surface area contributed by atoms with Crippen LogP contribution in [0.4, 0.5) is 0 Å².